The number of carbonyl (C=O) groups excluding carboxylic acids is 4. The highest BCUT2D eigenvalue weighted by Gasteiger charge is 2.52. The van der Waals surface area contributed by atoms with Crippen LogP contribution in [0, 0.1) is 47.4 Å². The molecule has 2 heterocycles. The fraction of sp³-hybridized carbons (Fsp3) is 0.552. The van der Waals surface area contributed by atoms with Crippen LogP contribution < -0.4 is 10.3 Å². The molecule has 1 aromatic heterocycles. The van der Waals surface area contributed by atoms with Gasteiger partial charge in [-0.2, -0.15) is 0 Å². The number of nitrogens with one attached hydrogen (secondary N) is 1. The van der Waals surface area contributed by atoms with E-state index in [1.165, 1.54) is 0 Å². The van der Waals surface area contributed by atoms with E-state index in [2.05, 4.69) is 4.98 Å². The molecule has 0 spiro atoms. The van der Waals surface area contributed by atoms with Gasteiger partial charge in [0.2, 0.25) is 31.7 Å². The first-order chi connectivity index (χ1) is 25.4. The summed E-state index contributed by atoms with van der Waals surface area (Å²) in [6.07, 6.45) is -13.2. The van der Waals surface area contributed by atoms with Gasteiger partial charge >= 0.3 is 23.9 Å². The number of hydrogen-bond acceptors (Lipinski definition) is 20. The van der Waals surface area contributed by atoms with Gasteiger partial charge in [-0.3, -0.25) is 64.4 Å². The van der Waals surface area contributed by atoms with Gasteiger partial charge in [-0.15, -0.1) is 0 Å². The third-order valence-corrected chi connectivity index (χ3v) is 7.08. The number of esters is 4. The normalized spacial score (nSPS) is 18.9. The number of aromatic amines is 1. The lowest BCUT2D eigenvalue weighted by molar-refractivity contribution is -0.479. The summed E-state index contributed by atoms with van der Waals surface area (Å²) in [6, 6.07) is 7.29. The van der Waals surface area contributed by atoms with Crippen molar-refractivity contribution in [3.05, 3.63) is 80.6 Å². The number of H-pyrrole nitrogens is 1. The van der Waals surface area contributed by atoms with Crippen LogP contribution in [0.2, 0.25) is 0 Å². The Hall–Kier alpha value is -6.37. The van der Waals surface area contributed by atoms with Crippen molar-refractivity contribution < 1.29 is 72.4 Å². The summed E-state index contributed by atoms with van der Waals surface area (Å²) in [6.45, 7) is -2.55. The van der Waals surface area contributed by atoms with Crippen molar-refractivity contribution in [2.75, 3.05) is 39.9 Å². The molecule has 296 valence electrons. The molecule has 0 saturated carbocycles. The van der Waals surface area contributed by atoms with Gasteiger partial charge in [0.15, 0.2) is 24.6 Å². The first kappa shape index (κ1) is 43.8. The Morgan fingerprint density at radius 2 is 1.22 bits per heavy atom. The number of aliphatic hydroxyl groups is 1. The highest BCUT2D eigenvalue weighted by atomic mass is 16.7. The van der Waals surface area contributed by atoms with Crippen LogP contribution in [0.15, 0.2) is 29.1 Å². The van der Waals surface area contributed by atoms with Gasteiger partial charge in [0.05, 0.1) is 12.6 Å². The number of aliphatic hydroxyl groups excluding tert-OH is 1. The number of pyridine rings is 1. The minimum atomic E-state index is -2.22. The van der Waals surface area contributed by atoms with Crippen molar-refractivity contribution in [2.45, 2.75) is 63.3 Å². The molecule has 0 aliphatic carbocycles. The molecule has 1 saturated heterocycles. The Balaban J connectivity index is 0.000000593. The van der Waals surface area contributed by atoms with Crippen molar-refractivity contribution in [2.24, 2.45) is 0 Å². The molecule has 1 aliphatic heterocycles. The number of nitrogens with zero attached hydrogens (tertiary/aromatic N) is 4. The Morgan fingerprint density at radius 3 is 1.70 bits per heavy atom. The number of aryl methyl sites for hydroxylation is 1. The highest BCUT2D eigenvalue weighted by molar-refractivity contribution is 5.86. The Morgan fingerprint density at radius 1 is 0.759 bits per heavy atom. The first-order valence-electron chi connectivity index (χ1n) is 15.6. The second-order valence-corrected chi connectivity index (χ2v) is 11.0. The molecule has 5 atom stereocenters. The minimum absolute atomic E-state index is 0.0977. The van der Waals surface area contributed by atoms with Crippen molar-refractivity contribution in [3.63, 3.8) is 0 Å². The number of benzene rings is 1. The van der Waals surface area contributed by atoms with Gasteiger partial charge in [-0.05, 0) is 18.6 Å². The Kier molecular flexibility index (Phi) is 17.2. The van der Waals surface area contributed by atoms with Gasteiger partial charge < -0.3 is 38.5 Å². The van der Waals surface area contributed by atoms with Crippen LogP contribution in [0.1, 0.15) is 31.2 Å². The van der Waals surface area contributed by atoms with Gasteiger partial charge in [-0.25, -0.2) is 0 Å². The van der Waals surface area contributed by atoms with Crippen LogP contribution in [0.25, 0.3) is 10.9 Å². The van der Waals surface area contributed by atoms with E-state index < -0.39 is 133 Å². The van der Waals surface area contributed by atoms with Crippen LogP contribution in [-0.2, 0) is 42.9 Å². The van der Waals surface area contributed by atoms with Gasteiger partial charge in [0.25, 0.3) is 0 Å². The lowest BCUT2D eigenvalue weighted by Gasteiger charge is -2.42. The van der Waals surface area contributed by atoms with E-state index in [1.54, 1.807) is 13.2 Å². The molecule has 0 amide bonds. The molecule has 0 bridgehead atoms. The second-order valence-electron chi connectivity index (χ2n) is 11.0. The average molecular weight is 774 g/mol. The van der Waals surface area contributed by atoms with Gasteiger partial charge in [0.1, 0.15) is 44.1 Å². The number of ether oxygens (including phenoxy) is 6. The summed E-state index contributed by atoms with van der Waals surface area (Å²) in [5.74, 6) is -4.37. The number of carbonyl (C=O) groups is 4. The largest absolute Gasteiger partial charge is 0.495 e. The van der Waals surface area contributed by atoms with Crippen LogP contribution >= 0.6 is 0 Å². The standard InChI is InChI=1S/C18H24N4O18.C11H11NO2/c23-11(1-5-19(28)29)36-9-10-15(38-12(24)2-6-20(30)31)16(39-13(25)3-7-21(32)33)17(18(27)37-10)40-14(26)4-8-22(34)35;1-7-6-10(13)12-11-8(7)4-3-5-9(11)14-2/h10,15-18,27H,1-9H2;3-6H,1-2H3,(H,12,13). The third-order valence-electron chi connectivity index (χ3n) is 7.08. The average Bonchev–Trinajstić information content (AvgIpc) is 3.09. The minimum Gasteiger partial charge on any atom is -0.495 e. The maximum Gasteiger partial charge on any atom is 0.313 e. The summed E-state index contributed by atoms with van der Waals surface area (Å²) in [5.41, 5.74) is 1.63. The fourth-order valence-electron chi connectivity index (χ4n) is 4.63. The van der Waals surface area contributed by atoms with Crippen molar-refractivity contribution in [1.82, 2.24) is 4.98 Å². The van der Waals surface area contributed by atoms with E-state index in [9.17, 15) is 69.5 Å². The van der Waals surface area contributed by atoms with Crippen molar-refractivity contribution in [1.29, 1.82) is 0 Å². The van der Waals surface area contributed by atoms with E-state index in [4.69, 9.17) is 28.4 Å². The number of nitro groups is 4. The fourth-order valence-corrected chi connectivity index (χ4v) is 4.63. The summed E-state index contributed by atoms with van der Waals surface area (Å²) in [7, 11) is 1.59. The monoisotopic (exact) mass is 773 g/mol. The molecule has 1 fully saturated rings. The summed E-state index contributed by atoms with van der Waals surface area (Å²) < 4.78 is 30.2. The zero-order valence-corrected chi connectivity index (χ0v) is 28.6. The van der Waals surface area contributed by atoms with E-state index in [-0.39, 0.29) is 5.56 Å². The van der Waals surface area contributed by atoms with E-state index in [0.717, 1.165) is 16.5 Å². The summed E-state index contributed by atoms with van der Waals surface area (Å²) >= 11 is 0. The molecule has 1 aliphatic rings. The van der Waals surface area contributed by atoms with Crippen molar-refractivity contribution in [3.8, 4) is 5.75 Å². The maximum atomic E-state index is 12.3. The van der Waals surface area contributed by atoms with Crippen LogP contribution in [-0.4, -0.2) is 124 Å². The highest BCUT2D eigenvalue weighted by Crippen LogP contribution is 2.29. The summed E-state index contributed by atoms with van der Waals surface area (Å²) in [5, 5.41) is 53.7. The van der Waals surface area contributed by atoms with E-state index in [1.807, 2.05) is 25.1 Å². The zero-order chi connectivity index (χ0) is 40.5. The smallest absolute Gasteiger partial charge is 0.313 e. The Bertz CT molecular complexity index is 1760. The van der Waals surface area contributed by atoms with Crippen molar-refractivity contribution >= 4 is 34.8 Å². The number of methoxy groups -OCH3 is 1. The Labute approximate surface area is 302 Å². The number of fused-ring (bicyclic) bond motifs is 1. The molecule has 54 heavy (non-hydrogen) atoms. The molecule has 2 aromatic rings. The van der Waals surface area contributed by atoms with Crippen LogP contribution in [0.3, 0.4) is 0 Å². The summed E-state index contributed by atoms with van der Waals surface area (Å²) in [4.78, 5) is 101. The predicted molar refractivity (Wildman–Crippen MR) is 173 cm³/mol. The molecule has 5 unspecified atom stereocenters. The van der Waals surface area contributed by atoms with Gasteiger partial charge in [0, 0.05) is 31.1 Å². The third kappa shape index (κ3) is 14.7. The second kappa shape index (κ2) is 21.2. The first-order valence-corrected chi connectivity index (χ1v) is 15.6. The lowest BCUT2D eigenvalue weighted by atomic mass is 9.98. The molecule has 1 aromatic carbocycles. The van der Waals surface area contributed by atoms with Gasteiger partial charge in [-0.1, -0.05) is 12.1 Å². The van der Waals surface area contributed by atoms with E-state index >= 15 is 0 Å². The number of hydrogen-bond donors (Lipinski definition) is 2. The van der Waals surface area contributed by atoms with E-state index in [0.29, 0.717) is 5.75 Å². The maximum absolute atomic E-state index is 12.3. The molecular weight excluding hydrogens is 738 g/mol. The van der Waals surface area contributed by atoms with Crippen LogP contribution in [0.4, 0.5) is 0 Å². The lowest BCUT2D eigenvalue weighted by Crippen LogP contribution is -2.62. The quantitative estimate of drug-likeness (QED) is 0.0833. The SMILES string of the molecule is COc1cccc2c(C)cc(=O)[nH]c12.O=C(CC[N+](=O)[O-])OCC1OC(O)C(OC(=O)CC[N+](=O)[O-])C(OC(=O)CC[N+](=O)[O-])C1OC(=O)CC[N+](=O)[O-]. The molecule has 3 rings (SSSR count). The molecule has 25 nitrogen and oxygen atoms in total. The predicted octanol–water partition coefficient (Wildman–Crippen LogP) is -0.505. The number of aromatic nitrogens is 1. The molecule has 25 heteroatoms. The van der Waals surface area contributed by atoms with Crippen LogP contribution in [0.5, 0.6) is 5.75 Å². The zero-order valence-electron chi connectivity index (χ0n) is 28.6. The topological polar surface area (TPSA) is 349 Å². The molecule has 2 N–H and O–H groups in total. The molecular formula is C29H35N5O20. The number of rotatable bonds is 18. The molecule has 0 radical (unpaired) electrons. The number of para-hydroxylation sites is 1.